The first kappa shape index (κ1) is 10.3. The molecular formula is C12H13F2N. The highest BCUT2D eigenvalue weighted by molar-refractivity contribution is 5.53. The molecule has 3 heteroatoms. The molecule has 1 N–H and O–H groups in total. The standard InChI is InChI=1S/C12H13F2N/c13-11-3-1-2-10(12(11)14)8-9-4-6-15-7-5-9/h1-3,8,15H,4-7H2. The molecule has 0 atom stereocenters. The van der Waals surface area contributed by atoms with Crippen molar-refractivity contribution in [1.29, 1.82) is 0 Å². The molecule has 15 heavy (non-hydrogen) atoms. The predicted molar refractivity (Wildman–Crippen MR) is 56.4 cm³/mol. The second-order valence-electron chi connectivity index (χ2n) is 3.70. The first-order valence-corrected chi connectivity index (χ1v) is 5.11. The SMILES string of the molecule is Fc1cccc(C=C2CCNCC2)c1F. The Hall–Kier alpha value is -1.22. The zero-order valence-corrected chi connectivity index (χ0v) is 8.39. The van der Waals surface area contributed by atoms with Gasteiger partial charge in [-0.1, -0.05) is 23.8 Å². The first-order valence-electron chi connectivity index (χ1n) is 5.11. The lowest BCUT2D eigenvalue weighted by Crippen LogP contribution is -2.22. The lowest BCUT2D eigenvalue weighted by atomic mass is 10.0. The molecule has 0 radical (unpaired) electrons. The molecule has 0 aliphatic carbocycles. The molecule has 0 amide bonds. The first-order chi connectivity index (χ1) is 7.27. The molecular weight excluding hydrogens is 196 g/mol. The van der Waals surface area contributed by atoms with Gasteiger partial charge in [-0.3, -0.25) is 0 Å². The monoisotopic (exact) mass is 209 g/mol. The molecule has 2 rings (SSSR count). The van der Waals surface area contributed by atoms with Crippen LogP contribution < -0.4 is 5.32 Å². The van der Waals surface area contributed by atoms with Crippen LogP contribution in [0.25, 0.3) is 6.08 Å². The van der Waals surface area contributed by atoms with Gasteiger partial charge in [0.1, 0.15) is 0 Å². The van der Waals surface area contributed by atoms with Crippen LogP contribution in [0.1, 0.15) is 18.4 Å². The van der Waals surface area contributed by atoms with E-state index in [2.05, 4.69) is 5.32 Å². The molecule has 0 unspecified atom stereocenters. The third-order valence-corrected chi connectivity index (χ3v) is 2.59. The fourth-order valence-electron chi connectivity index (χ4n) is 1.74. The van der Waals surface area contributed by atoms with Crippen molar-refractivity contribution in [2.45, 2.75) is 12.8 Å². The van der Waals surface area contributed by atoms with Gasteiger partial charge in [-0.2, -0.15) is 0 Å². The van der Waals surface area contributed by atoms with Gasteiger partial charge in [0.2, 0.25) is 0 Å². The van der Waals surface area contributed by atoms with E-state index in [0.717, 1.165) is 32.0 Å². The normalized spacial score (nSPS) is 16.5. The fraction of sp³-hybridized carbons (Fsp3) is 0.333. The summed E-state index contributed by atoms with van der Waals surface area (Å²) in [7, 11) is 0. The summed E-state index contributed by atoms with van der Waals surface area (Å²) in [6, 6.07) is 4.28. The van der Waals surface area contributed by atoms with E-state index in [1.807, 2.05) is 0 Å². The van der Waals surface area contributed by atoms with Crippen LogP contribution in [-0.4, -0.2) is 13.1 Å². The number of halogens is 2. The van der Waals surface area contributed by atoms with E-state index in [9.17, 15) is 8.78 Å². The van der Waals surface area contributed by atoms with Gasteiger partial charge in [-0.05, 0) is 32.0 Å². The Kier molecular flexibility index (Phi) is 3.11. The quantitative estimate of drug-likeness (QED) is 0.749. The predicted octanol–water partition coefficient (Wildman–Crippen LogP) is 2.73. The summed E-state index contributed by atoms with van der Waals surface area (Å²) < 4.78 is 26.2. The summed E-state index contributed by atoms with van der Waals surface area (Å²) in [6.07, 6.45) is 3.59. The second kappa shape index (κ2) is 4.53. The van der Waals surface area contributed by atoms with Crippen LogP contribution in [0.15, 0.2) is 23.8 Å². The summed E-state index contributed by atoms with van der Waals surface area (Å²) in [6.45, 7) is 1.84. The van der Waals surface area contributed by atoms with E-state index in [1.165, 1.54) is 11.6 Å². The maximum Gasteiger partial charge on any atom is 0.166 e. The topological polar surface area (TPSA) is 12.0 Å². The number of nitrogens with one attached hydrogen (secondary N) is 1. The molecule has 1 aliphatic heterocycles. The third-order valence-electron chi connectivity index (χ3n) is 2.59. The van der Waals surface area contributed by atoms with Gasteiger partial charge in [0.15, 0.2) is 11.6 Å². The average Bonchev–Trinajstić information content (AvgIpc) is 2.26. The Morgan fingerprint density at radius 1 is 1.13 bits per heavy atom. The van der Waals surface area contributed by atoms with E-state index >= 15 is 0 Å². The number of hydrogen-bond donors (Lipinski definition) is 1. The Bertz CT molecular complexity index is 377. The highest BCUT2D eigenvalue weighted by atomic mass is 19.2. The van der Waals surface area contributed by atoms with Crippen molar-refractivity contribution >= 4 is 6.08 Å². The van der Waals surface area contributed by atoms with E-state index < -0.39 is 11.6 Å². The lowest BCUT2D eigenvalue weighted by Gasteiger charge is -2.15. The summed E-state index contributed by atoms with van der Waals surface area (Å²) >= 11 is 0. The Labute approximate surface area is 87.8 Å². The van der Waals surface area contributed by atoms with Crippen molar-refractivity contribution in [3.63, 3.8) is 0 Å². The highest BCUT2D eigenvalue weighted by Crippen LogP contribution is 2.18. The highest BCUT2D eigenvalue weighted by Gasteiger charge is 2.08. The van der Waals surface area contributed by atoms with Gasteiger partial charge >= 0.3 is 0 Å². The average molecular weight is 209 g/mol. The molecule has 1 aromatic carbocycles. The summed E-state index contributed by atoms with van der Waals surface area (Å²) in [5.41, 5.74) is 1.53. The molecule has 1 heterocycles. The van der Waals surface area contributed by atoms with Crippen LogP contribution in [0.4, 0.5) is 8.78 Å². The van der Waals surface area contributed by atoms with E-state index in [0.29, 0.717) is 5.56 Å². The maximum atomic E-state index is 13.3. The third kappa shape index (κ3) is 2.42. The summed E-state index contributed by atoms with van der Waals surface area (Å²) in [4.78, 5) is 0. The minimum atomic E-state index is -0.779. The van der Waals surface area contributed by atoms with Crippen molar-refractivity contribution in [2.75, 3.05) is 13.1 Å². The summed E-state index contributed by atoms with van der Waals surface area (Å²) in [5.74, 6) is -1.53. The van der Waals surface area contributed by atoms with Crippen LogP contribution >= 0.6 is 0 Å². The number of piperidine rings is 1. The Morgan fingerprint density at radius 3 is 2.60 bits per heavy atom. The van der Waals surface area contributed by atoms with Crippen LogP contribution in [0.5, 0.6) is 0 Å². The maximum absolute atomic E-state index is 13.3. The minimum absolute atomic E-state index is 0.354. The minimum Gasteiger partial charge on any atom is -0.316 e. The second-order valence-corrected chi connectivity index (χ2v) is 3.70. The van der Waals surface area contributed by atoms with E-state index in [4.69, 9.17) is 0 Å². The molecule has 0 bridgehead atoms. The molecule has 1 aliphatic rings. The van der Waals surface area contributed by atoms with Gasteiger partial charge < -0.3 is 5.32 Å². The van der Waals surface area contributed by atoms with Crippen molar-refractivity contribution in [3.05, 3.63) is 41.0 Å². The van der Waals surface area contributed by atoms with Gasteiger partial charge in [-0.15, -0.1) is 0 Å². The molecule has 80 valence electrons. The van der Waals surface area contributed by atoms with Crippen LogP contribution in [0.3, 0.4) is 0 Å². The van der Waals surface area contributed by atoms with Crippen molar-refractivity contribution < 1.29 is 8.78 Å². The van der Waals surface area contributed by atoms with E-state index in [1.54, 1.807) is 12.1 Å². The van der Waals surface area contributed by atoms with Gasteiger partial charge in [0.25, 0.3) is 0 Å². The largest absolute Gasteiger partial charge is 0.316 e. The van der Waals surface area contributed by atoms with Gasteiger partial charge in [0.05, 0.1) is 0 Å². The van der Waals surface area contributed by atoms with Crippen LogP contribution in [-0.2, 0) is 0 Å². The molecule has 1 fully saturated rings. The van der Waals surface area contributed by atoms with Crippen molar-refractivity contribution in [1.82, 2.24) is 5.32 Å². The smallest absolute Gasteiger partial charge is 0.166 e. The molecule has 1 nitrogen and oxygen atoms in total. The van der Waals surface area contributed by atoms with Crippen molar-refractivity contribution in [2.24, 2.45) is 0 Å². The Balaban J connectivity index is 2.25. The number of rotatable bonds is 1. The van der Waals surface area contributed by atoms with Crippen LogP contribution in [0, 0.1) is 11.6 Å². The van der Waals surface area contributed by atoms with Crippen LogP contribution in [0.2, 0.25) is 0 Å². The molecule has 0 spiro atoms. The molecule has 1 aromatic rings. The molecule has 0 saturated carbocycles. The van der Waals surface area contributed by atoms with E-state index in [-0.39, 0.29) is 0 Å². The Morgan fingerprint density at radius 2 is 1.87 bits per heavy atom. The molecule has 1 saturated heterocycles. The lowest BCUT2D eigenvalue weighted by molar-refractivity contribution is 0.506. The zero-order valence-electron chi connectivity index (χ0n) is 8.39. The number of benzene rings is 1. The van der Waals surface area contributed by atoms with Gasteiger partial charge in [0, 0.05) is 5.56 Å². The zero-order chi connectivity index (χ0) is 10.7. The fourth-order valence-corrected chi connectivity index (χ4v) is 1.74. The summed E-state index contributed by atoms with van der Waals surface area (Å²) in [5, 5.41) is 3.22. The van der Waals surface area contributed by atoms with Gasteiger partial charge in [-0.25, -0.2) is 8.78 Å². The molecule has 0 aromatic heterocycles. The van der Waals surface area contributed by atoms with Crippen molar-refractivity contribution in [3.8, 4) is 0 Å². The number of hydrogen-bond acceptors (Lipinski definition) is 1.